The van der Waals surface area contributed by atoms with Gasteiger partial charge < -0.3 is 10.6 Å². The van der Waals surface area contributed by atoms with E-state index >= 15 is 0 Å². The molecule has 3 aromatic rings. The Morgan fingerprint density at radius 2 is 1.89 bits per heavy atom. The molecule has 0 saturated heterocycles. The second-order valence-corrected chi connectivity index (χ2v) is 8.96. The van der Waals surface area contributed by atoms with Gasteiger partial charge >= 0.3 is 0 Å². The van der Waals surface area contributed by atoms with Crippen molar-refractivity contribution in [3.05, 3.63) is 57.9 Å². The lowest BCUT2D eigenvalue weighted by Gasteiger charge is -2.09. The Hall–Kier alpha value is -2.46. The minimum atomic E-state index is -3.91. The summed E-state index contributed by atoms with van der Waals surface area (Å²) in [5, 5.41) is 11.3. The van der Waals surface area contributed by atoms with Crippen LogP contribution in [0.1, 0.15) is 15.2 Å². The van der Waals surface area contributed by atoms with E-state index in [1.54, 1.807) is 13.0 Å². The van der Waals surface area contributed by atoms with E-state index in [0.29, 0.717) is 15.5 Å². The minimum absolute atomic E-state index is 0.0774. The zero-order chi connectivity index (χ0) is 20.5. The number of carbonyl (C=O) groups is 2. The number of halogens is 1. The first-order valence-corrected chi connectivity index (χ1v) is 10.8. The Balaban J connectivity index is 1.67. The van der Waals surface area contributed by atoms with Crippen LogP contribution in [0.15, 0.2) is 47.4 Å². The molecular formula is C18H16ClN3O4S2. The molecule has 0 aliphatic rings. The van der Waals surface area contributed by atoms with Crippen molar-refractivity contribution in [2.45, 2.75) is 11.8 Å². The molecule has 0 radical (unpaired) electrons. The summed E-state index contributed by atoms with van der Waals surface area (Å²) in [6.45, 7) is 1.29. The second-order valence-electron chi connectivity index (χ2n) is 6.00. The number of sulfonamides is 1. The molecule has 28 heavy (non-hydrogen) atoms. The monoisotopic (exact) mass is 437 g/mol. The molecule has 0 saturated carbocycles. The van der Waals surface area contributed by atoms with Crippen molar-refractivity contribution in [3.8, 4) is 0 Å². The van der Waals surface area contributed by atoms with Crippen molar-refractivity contribution >= 4 is 60.5 Å². The lowest BCUT2D eigenvalue weighted by Crippen LogP contribution is -2.32. The molecule has 0 spiro atoms. The van der Waals surface area contributed by atoms with Gasteiger partial charge in [0.2, 0.25) is 15.9 Å². The van der Waals surface area contributed by atoms with Crippen LogP contribution >= 0.6 is 22.9 Å². The predicted octanol–water partition coefficient (Wildman–Crippen LogP) is 2.88. The highest BCUT2D eigenvalue weighted by molar-refractivity contribution is 7.89. The number of thiophene rings is 1. The summed E-state index contributed by atoms with van der Waals surface area (Å²) in [6, 6.07) is 11.7. The normalized spacial score (nSPS) is 11.4. The molecule has 0 atom stereocenters. The zero-order valence-corrected chi connectivity index (χ0v) is 17.0. The van der Waals surface area contributed by atoms with Gasteiger partial charge in [-0.15, -0.1) is 11.3 Å². The van der Waals surface area contributed by atoms with Crippen LogP contribution < -0.4 is 15.8 Å². The van der Waals surface area contributed by atoms with Crippen LogP contribution in [0.3, 0.4) is 0 Å². The SMILES string of the molecule is Cc1ccc(NC(=O)CNC(=O)c2sc3ccccc3c2Cl)cc1S(N)(=O)=O. The summed E-state index contributed by atoms with van der Waals surface area (Å²) >= 11 is 7.49. The van der Waals surface area contributed by atoms with Gasteiger partial charge in [0.15, 0.2) is 0 Å². The number of fused-ring (bicyclic) bond motifs is 1. The smallest absolute Gasteiger partial charge is 0.263 e. The first-order valence-electron chi connectivity index (χ1n) is 8.05. The molecule has 7 nitrogen and oxygen atoms in total. The minimum Gasteiger partial charge on any atom is -0.342 e. The Morgan fingerprint density at radius 3 is 2.57 bits per heavy atom. The van der Waals surface area contributed by atoms with Crippen molar-refractivity contribution in [3.63, 3.8) is 0 Å². The summed E-state index contributed by atoms with van der Waals surface area (Å²) in [7, 11) is -3.91. The number of nitrogens with one attached hydrogen (secondary N) is 2. The highest BCUT2D eigenvalue weighted by atomic mass is 35.5. The van der Waals surface area contributed by atoms with Gasteiger partial charge in [0.05, 0.1) is 16.5 Å². The number of aryl methyl sites for hydroxylation is 1. The fourth-order valence-corrected chi connectivity index (χ4v) is 4.83. The molecule has 146 valence electrons. The highest BCUT2D eigenvalue weighted by Crippen LogP contribution is 2.34. The average Bonchev–Trinajstić information content (AvgIpc) is 2.97. The third-order valence-electron chi connectivity index (χ3n) is 3.93. The van der Waals surface area contributed by atoms with Gasteiger partial charge in [-0.3, -0.25) is 9.59 Å². The van der Waals surface area contributed by atoms with Crippen LogP contribution in [0.5, 0.6) is 0 Å². The summed E-state index contributed by atoms with van der Waals surface area (Å²) in [5.41, 5.74) is 0.724. The summed E-state index contributed by atoms with van der Waals surface area (Å²) in [5.74, 6) is -0.981. The third kappa shape index (κ3) is 4.33. The van der Waals surface area contributed by atoms with E-state index in [0.717, 1.165) is 10.1 Å². The molecule has 0 unspecified atom stereocenters. The number of amides is 2. The average molecular weight is 438 g/mol. The van der Waals surface area contributed by atoms with Crippen molar-refractivity contribution in [1.82, 2.24) is 5.32 Å². The molecule has 0 aliphatic heterocycles. The number of rotatable bonds is 5. The van der Waals surface area contributed by atoms with E-state index in [1.807, 2.05) is 24.3 Å². The van der Waals surface area contributed by atoms with Gasteiger partial charge in [-0.2, -0.15) is 0 Å². The van der Waals surface area contributed by atoms with Gasteiger partial charge in [-0.05, 0) is 30.7 Å². The largest absolute Gasteiger partial charge is 0.342 e. The fraction of sp³-hybridized carbons (Fsp3) is 0.111. The number of anilines is 1. The number of carbonyl (C=O) groups excluding carboxylic acids is 2. The van der Waals surface area contributed by atoms with E-state index in [1.165, 1.54) is 23.5 Å². The lowest BCUT2D eigenvalue weighted by atomic mass is 10.2. The van der Waals surface area contributed by atoms with Crippen molar-refractivity contribution in [1.29, 1.82) is 0 Å². The zero-order valence-electron chi connectivity index (χ0n) is 14.7. The summed E-state index contributed by atoms with van der Waals surface area (Å²) in [6.07, 6.45) is 0. The van der Waals surface area contributed by atoms with Crippen molar-refractivity contribution in [2.24, 2.45) is 5.14 Å². The van der Waals surface area contributed by atoms with E-state index in [4.69, 9.17) is 16.7 Å². The van der Waals surface area contributed by atoms with E-state index in [9.17, 15) is 18.0 Å². The molecule has 2 aromatic carbocycles. The first-order chi connectivity index (χ1) is 13.2. The van der Waals surface area contributed by atoms with Crippen LogP contribution in [0, 0.1) is 6.92 Å². The number of hydrogen-bond donors (Lipinski definition) is 3. The predicted molar refractivity (Wildman–Crippen MR) is 110 cm³/mol. The molecule has 0 fully saturated rings. The Labute approximate surface area is 170 Å². The molecule has 1 aromatic heterocycles. The maximum absolute atomic E-state index is 12.4. The molecule has 0 aliphatic carbocycles. The Kier molecular flexibility index (Phi) is 5.71. The van der Waals surface area contributed by atoms with Crippen LogP contribution in [-0.2, 0) is 14.8 Å². The van der Waals surface area contributed by atoms with Gasteiger partial charge in [0.1, 0.15) is 4.88 Å². The van der Waals surface area contributed by atoms with Gasteiger partial charge in [0, 0.05) is 15.8 Å². The molecule has 4 N–H and O–H groups in total. The summed E-state index contributed by atoms with van der Waals surface area (Å²) in [4.78, 5) is 24.7. The van der Waals surface area contributed by atoms with Crippen LogP contribution in [0.25, 0.3) is 10.1 Å². The lowest BCUT2D eigenvalue weighted by molar-refractivity contribution is -0.115. The van der Waals surface area contributed by atoms with E-state index in [-0.39, 0.29) is 17.1 Å². The van der Waals surface area contributed by atoms with Crippen LogP contribution in [-0.4, -0.2) is 26.8 Å². The molecule has 2 amide bonds. The molecule has 0 bridgehead atoms. The van der Waals surface area contributed by atoms with Gasteiger partial charge in [-0.25, -0.2) is 13.6 Å². The summed E-state index contributed by atoms with van der Waals surface area (Å²) < 4.78 is 24.0. The van der Waals surface area contributed by atoms with E-state index < -0.39 is 21.8 Å². The second kappa shape index (κ2) is 7.88. The number of hydrogen-bond acceptors (Lipinski definition) is 5. The van der Waals surface area contributed by atoms with Gasteiger partial charge in [-0.1, -0.05) is 35.9 Å². The highest BCUT2D eigenvalue weighted by Gasteiger charge is 2.18. The number of benzene rings is 2. The fourth-order valence-electron chi connectivity index (χ4n) is 2.59. The van der Waals surface area contributed by atoms with Crippen LogP contribution in [0.4, 0.5) is 5.69 Å². The molecule has 3 rings (SSSR count). The van der Waals surface area contributed by atoms with Crippen molar-refractivity contribution in [2.75, 3.05) is 11.9 Å². The maximum atomic E-state index is 12.4. The Bertz CT molecular complexity index is 1190. The van der Waals surface area contributed by atoms with Crippen molar-refractivity contribution < 1.29 is 18.0 Å². The van der Waals surface area contributed by atoms with E-state index in [2.05, 4.69) is 10.6 Å². The third-order valence-corrected chi connectivity index (χ3v) is 6.66. The molecule has 1 heterocycles. The maximum Gasteiger partial charge on any atom is 0.263 e. The molecule has 10 heteroatoms. The van der Waals surface area contributed by atoms with Gasteiger partial charge in [0.25, 0.3) is 5.91 Å². The topological polar surface area (TPSA) is 118 Å². The molecular weight excluding hydrogens is 422 g/mol. The van der Waals surface area contributed by atoms with Crippen LogP contribution in [0.2, 0.25) is 5.02 Å². The Morgan fingerprint density at radius 1 is 1.18 bits per heavy atom. The quantitative estimate of drug-likeness (QED) is 0.568. The number of nitrogens with two attached hydrogens (primary N) is 1. The number of primary sulfonamides is 1. The standard InChI is InChI=1S/C18H16ClN3O4S2/c1-10-6-7-11(8-14(10)28(20,25)26)22-15(23)9-21-18(24)17-16(19)12-4-2-3-5-13(12)27-17/h2-8H,9H2,1H3,(H,21,24)(H,22,23)(H2,20,25,26). The first kappa shape index (κ1) is 20.3.